The van der Waals surface area contributed by atoms with Gasteiger partial charge in [0.2, 0.25) is 0 Å². The molecule has 1 aliphatic heterocycles. The third-order valence-electron chi connectivity index (χ3n) is 3.10. The lowest BCUT2D eigenvalue weighted by molar-refractivity contribution is 0.0647. The molecule has 5 nitrogen and oxygen atoms in total. The molecule has 0 aromatic heterocycles. The fourth-order valence-electron chi connectivity index (χ4n) is 2.07. The Balaban J connectivity index is 2.66. The highest BCUT2D eigenvalue weighted by Gasteiger charge is 2.34. The van der Waals surface area contributed by atoms with E-state index in [0.29, 0.717) is 6.42 Å². The maximum absolute atomic E-state index is 11.6. The van der Waals surface area contributed by atoms with Crippen LogP contribution in [0.15, 0.2) is 0 Å². The van der Waals surface area contributed by atoms with Gasteiger partial charge in [0.1, 0.15) is 0 Å². The van der Waals surface area contributed by atoms with Crippen molar-refractivity contribution in [2.45, 2.75) is 56.0 Å². The van der Waals surface area contributed by atoms with Crippen LogP contribution in [0.25, 0.3) is 0 Å². The summed E-state index contributed by atoms with van der Waals surface area (Å²) >= 11 is 3.57. The van der Waals surface area contributed by atoms with Crippen molar-refractivity contribution < 1.29 is 17.3 Å². The Kier molecular flexibility index (Phi) is 7.08. The van der Waals surface area contributed by atoms with Crippen LogP contribution in [0.5, 0.6) is 0 Å². The normalized spacial score (nSPS) is 29.7. The Morgan fingerprint density at radius 1 is 1.50 bits per heavy atom. The van der Waals surface area contributed by atoms with Crippen molar-refractivity contribution in [2.24, 2.45) is 0 Å². The number of methoxy groups -OCH3 is 1. The van der Waals surface area contributed by atoms with Gasteiger partial charge in [-0.1, -0.05) is 42.1 Å². The number of hydrogen-bond acceptors (Lipinski definition) is 4. The number of alkyl halides is 1. The van der Waals surface area contributed by atoms with E-state index < -0.39 is 10.3 Å². The van der Waals surface area contributed by atoms with Gasteiger partial charge in [-0.05, 0) is 6.42 Å². The highest BCUT2D eigenvalue weighted by molar-refractivity contribution is 9.09. The molecule has 1 unspecified atom stereocenters. The zero-order chi connectivity index (χ0) is 13.6. The molecular formula is C11H22BrNO4S. The maximum Gasteiger partial charge on any atom is 0.336 e. The zero-order valence-electron chi connectivity index (χ0n) is 10.9. The van der Waals surface area contributed by atoms with Crippen molar-refractivity contribution in [3.05, 3.63) is 0 Å². The molecule has 0 bridgehead atoms. The molecule has 18 heavy (non-hydrogen) atoms. The molecule has 1 saturated heterocycles. The van der Waals surface area contributed by atoms with Crippen molar-refractivity contribution in [1.82, 2.24) is 4.72 Å². The van der Waals surface area contributed by atoms with Gasteiger partial charge in [-0.15, -0.1) is 0 Å². The van der Waals surface area contributed by atoms with E-state index in [-0.39, 0.29) is 23.6 Å². The van der Waals surface area contributed by atoms with Gasteiger partial charge in [-0.25, -0.2) is 0 Å². The van der Waals surface area contributed by atoms with Gasteiger partial charge in [-0.2, -0.15) is 13.1 Å². The van der Waals surface area contributed by atoms with E-state index in [4.69, 9.17) is 8.92 Å². The van der Waals surface area contributed by atoms with Crippen molar-refractivity contribution in [2.75, 3.05) is 13.7 Å². The summed E-state index contributed by atoms with van der Waals surface area (Å²) in [7, 11) is -2.05. The molecule has 0 aromatic rings. The number of nitrogens with one attached hydrogen (secondary N) is 1. The van der Waals surface area contributed by atoms with Crippen LogP contribution in [0, 0.1) is 0 Å². The first-order chi connectivity index (χ1) is 8.50. The lowest BCUT2D eigenvalue weighted by atomic mass is 10.0. The maximum atomic E-state index is 11.6. The average Bonchev–Trinajstić information content (AvgIpc) is 2.47. The summed E-state index contributed by atoms with van der Waals surface area (Å²) < 4.78 is 35.9. The molecule has 1 N–H and O–H groups in total. The van der Waals surface area contributed by atoms with E-state index >= 15 is 0 Å². The van der Waals surface area contributed by atoms with E-state index in [9.17, 15) is 8.42 Å². The minimum Gasteiger partial charge on any atom is -0.380 e. The monoisotopic (exact) mass is 343 g/mol. The van der Waals surface area contributed by atoms with E-state index in [1.807, 2.05) is 0 Å². The molecule has 1 rings (SSSR count). The summed E-state index contributed by atoms with van der Waals surface area (Å²) in [5.74, 6) is 0. The molecule has 1 heterocycles. The lowest BCUT2D eigenvalue weighted by Crippen LogP contribution is -2.47. The van der Waals surface area contributed by atoms with Crippen LogP contribution < -0.4 is 4.72 Å². The van der Waals surface area contributed by atoms with E-state index in [1.54, 1.807) is 7.11 Å². The van der Waals surface area contributed by atoms with Crippen LogP contribution in [0.2, 0.25) is 0 Å². The predicted molar refractivity (Wildman–Crippen MR) is 74.1 cm³/mol. The number of unbranched alkanes of at least 4 members (excludes halogenated alkanes) is 2. The van der Waals surface area contributed by atoms with Crippen LogP contribution in [0.3, 0.4) is 0 Å². The molecule has 3 atom stereocenters. The minimum atomic E-state index is -3.65. The van der Waals surface area contributed by atoms with Gasteiger partial charge in [0.25, 0.3) is 0 Å². The smallest absolute Gasteiger partial charge is 0.336 e. The van der Waals surface area contributed by atoms with Crippen molar-refractivity contribution in [3.8, 4) is 0 Å². The molecule has 0 spiro atoms. The van der Waals surface area contributed by atoms with E-state index in [2.05, 4.69) is 27.6 Å². The lowest BCUT2D eigenvalue weighted by Gasteiger charge is -2.27. The highest BCUT2D eigenvalue weighted by atomic mass is 79.9. The number of hydrogen-bond donors (Lipinski definition) is 1. The van der Waals surface area contributed by atoms with Crippen molar-refractivity contribution in [1.29, 1.82) is 0 Å². The highest BCUT2D eigenvalue weighted by Crippen LogP contribution is 2.23. The van der Waals surface area contributed by atoms with Gasteiger partial charge in [0.15, 0.2) is 0 Å². The Bertz CT molecular complexity index is 336. The molecule has 1 aliphatic rings. The molecular weight excluding hydrogens is 322 g/mol. The van der Waals surface area contributed by atoms with E-state index in [0.717, 1.165) is 25.7 Å². The second-order valence-electron chi connectivity index (χ2n) is 4.49. The standard InChI is InChI=1S/C11H22BrNO4S/c1-3-4-5-6-9(12)11-10(16-2)7-8-17-18(14,15)13-11/h9-11,13H,3-8H2,1-2H3/t9-,10+,11?/m0/s1. The largest absolute Gasteiger partial charge is 0.380 e. The second-order valence-corrected chi connectivity index (χ2v) is 7.05. The first-order valence-corrected chi connectivity index (χ1v) is 8.66. The number of halogens is 1. The Labute approximate surface area is 118 Å². The second kappa shape index (κ2) is 7.79. The molecule has 1 fully saturated rings. The molecule has 0 saturated carbocycles. The molecule has 0 aromatic carbocycles. The first-order valence-electron chi connectivity index (χ1n) is 6.33. The third-order valence-corrected chi connectivity index (χ3v) is 5.16. The summed E-state index contributed by atoms with van der Waals surface area (Å²) in [4.78, 5) is 0.0606. The van der Waals surface area contributed by atoms with Gasteiger partial charge in [-0.3, -0.25) is 4.18 Å². The fraction of sp³-hybridized carbons (Fsp3) is 1.00. The number of ether oxygens (including phenoxy) is 1. The summed E-state index contributed by atoms with van der Waals surface area (Å²) in [6.45, 7) is 2.31. The first kappa shape index (κ1) is 16.4. The minimum absolute atomic E-state index is 0.0606. The third kappa shape index (κ3) is 5.13. The Morgan fingerprint density at radius 3 is 2.83 bits per heavy atom. The van der Waals surface area contributed by atoms with Crippen molar-refractivity contribution in [3.63, 3.8) is 0 Å². The topological polar surface area (TPSA) is 64.6 Å². The molecule has 0 radical (unpaired) electrons. The number of rotatable bonds is 6. The summed E-state index contributed by atoms with van der Waals surface area (Å²) in [5, 5.41) is 0. The van der Waals surface area contributed by atoms with Gasteiger partial charge >= 0.3 is 10.3 Å². The molecule has 108 valence electrons. The van der Waals surface area contributed by atoms with Crippen LogP contribution in [0.1, 0.15) is 39.0 Å². The zero-order valence-corrected chi connectivity index (χ0v) is 13.3. The summed E-state index contributed by atoms with van der Waals surface area (Å²) in [5.41, 5.74) is 0. The predicted octanol–water partition coefficient (Wildman–Crippen LogP) is 1.97. The molecule has 0 aliphatic carbocycles. The van der Waals surface area contributed by atoms with Crippen LogP contribution in [-0.2, 0) is 19.2 Å². The Hall–Kier alpha value is 0.310. The van der Waals surface area contributed by atoms with Crippen LogP contribution in [0.4, 0.5) is 0 Å². The van der Waals surface area contributed by atoms with Gasteiger partial charge in [0, 0.05) is 18.4 Å². The van der Waals surface area contributed by atoms with Gasteiger partial charge in [0.05, 0.1) is 18.8 Å². The van der Waals surface area contributed by atoms with Crippen LogP contribution >= 0.6 is 15.9 Å². The average molecular weight is 344 g/mol. The molecule has 7 heteroatoms. The van der Waals surface area contributed by atoms with Gasteiger partial charge < -0.3 is 4.74 Å². The summed E-state index contributed by atoms with van der Waals surface area (Å²) in [6.07, 6.45) is 4.70. The summed E-state index contributed by atoms with van der Waals surface area (Å²) in [6, 6.07) is -0.278. The Morgan fingerprint density at radius 2 is 2.22 bits per heavy atom. The fourth-order valence-corrected chi connectivity index (χ4v) is 4.07. The van der Waals surface area contributed by atoms with E-state index in [1.165, 1.54) is 0 Å². The van der Waals surface area contributed by atoms with Crippen molar-refractivity contribution >= 4 is 26.2 Å². The quantitative estimate of drug-likeness (QED) is 0.591. The van der Waals surface area contributed by atoms with Crippen LogP contribution in [-0.4, -0.2) is 39.1 Å². The molecule has 0 amide bonds. The SMILES string of the molecule is CCCCC[C@H](Br)C1NS(=O)(=O)OCC[C@H]1OC.